The van der Waals surface area contributed by atoms with Gasteiger partial charge in [-0.1, -0.05) is 0 Å². The van der Waals surface area contributed by atoms with Crippen LogP contribution in [0.15, 0.2) is 6.07 Å². The summed E-state index contributed by atoms with van der Waals surface area (Å²) >= 11 is 0. The maximum Gasteiger partial charge on any atom is 0.407 e. The molecule has 0 fully saturated rings. The first-order chi connectivity index (χ1) is 9.10. The molecule has 0 atom stereocenters. The third kappa shape index (κ3) is 4.38. The lowest BCUT2D eigenvalue weighted by molar-refractivity contribution is -0.384. The van der Waals surface area contributed by atoms with Gasteiger partial charge in [0.15, 0.2) is 0 Å². The number of nitrogens with zero attached hydrogens (tertiary/aromatic N) is 2. The molecule has 0 aliphatic carbocycles. The lowest BCUT2D eigenvalue weighted by Gasteiger charge is -2.19. The van der Waals surface area contributed by atoms with E-state index in [0.29, 0.717) is 11.3 Å². The van der Waals surface area contributed by atoms with Gasteiger partial charge in [0, 0.05) is 5.56 Å². The highest BCUT2D eigenvalue weighted by molar-refractivity contribution is 5.67. The number of pyridine rings is 1. The molecule has 1 aromatic rings. The Bertz CT molecular complexity index is 514. The van der Waals surface area contributed by atoms with Crippen LogP contribution in [0.4, 0.5) is 16.3 Å². The van der Waals surface area contributed by atoms with Gasteiger partial charge in [-0.25, -0.2) is 9.78 Å². The summed E-state index contributed by atoms with van der Waals surface area (Å²) in [5, 5.41) is 13.3. The molecule has 3 N–H and O–H groups in total. The molecule has 0 saturated carbocycles. The van der Waals surface area contributed by atoms with Crippen molar-refractivity contribution in [2.24, 2.45) is 0 Å². The van der Waals surface area contributed by atoms with E-state index >= 15 is 0 Å². The van der Waals surface area contributed by atoms with Crippen molar-refractivity contribution in [2.45, 2.75) is 39.8 Å². The summed E-state index contributed by atoms with van der Waals surface area (Å²) in [5.41, 5.74) is 5.54. The highest BCUT2D eigenvalue weighted by atomic mass is 16.6. The molecule has 0 unspecified atom stereocenters. The van der Waals surface area contributed by atoms with Crippen LogP contribution in [0.5, 0.6) is 0 Å². The van der Waals surface area contributed by atoms with E-state index < -0.39 is 16.6 Å². The summed E-state index contributed by atoms with van der Waals surface area (Å²) in [6.07, 6.45) is -0.589. The van der Waals surface area contributed by atoms with E-state index in [1.54, 1.807) is 27.7 Å². The Kier molecular flexibility index (Phi) is 4.49. The topological polar surface area (TPSA) is 120 Å². The quantitative estimate of drug-likeness (QED) is 0.645. The number of nitrogens with one attached hydrogen (secondary N) is 1. The Hall–Kier alpha value is -2.38. The summed E-state index contributed by atoms with van der Waals surface area (Å²) in [4.78, 5) is 25.6. The minimum atomic E-state index is -0.595. The number of nitrogens with two attached hydrogens (primary N) is 1. The summed E-state index contributed by atoms with van der Waals surface area (Å²) in [6, 6.07) is 1.51. The molecule has 8 heteroatoms. The van der Waals surface area contributed by atoms with Crippen molar-refractivity contribution < 1.29 is 14.5 Å². The van der Waals surface area contributed by atoms with Gasteiger partial charge in [0.2, 0.25) is 5.82 Å². The van der Waals surface area contributed by atoms with Crippen LogP contribution in [0.1, 0.15) is 32.0 Å². The van der Waals surface area contributed by atoms with E-state index in [-0.39, 0.29) is 18.1 Å². The van der Waals surface area contributed by atoms with Gasteiger partial charge in [-0.3, -0.25) is 10.1 Å². The van der Waals surface area contributed by atoms with Crippen molar-refractivity contribution >= 4 is 17.6 Å². The van der Waals surface area contributed by atoms with Crippen LogP contribution in [0.3, 0.4) is 0 Å². The number of hydrogen-bond donors (Lipinski definition) is 2. The number of nitrogen functional groups attached to an aromatic ring is 1. The van der Waals surface area contributed by atoms with Crippen LogP contribution in [-0.2, 0) is 11.3 Å². The fraction of sp³-hybridized carbons (Fsp3) is 0.500. The number of rotatable bonds is 3. The first kappa shape index (κ1) is 15.7. The molecule has 0 aromatic carbocycles. The number of nitro groups is 1. The van der Waals surface area contributed by atoms with Crippen LogP contribution < -0.4 is 11.1 Å². The predicted molar refractivity (Wildman–Crippen MR) is 73.1 cm³/mol. The van der Waals surface area contributed by atoms with Gasteiger partial charge in [0.1, 0.15) is 5.60 Å². The number of aryl methyl sites for hydroxylation is 1. The van der Waals surface area contributed by atoms with Crippen molar-refractivity contribution in [1.82, 2.24) is 10.3 Å². The van der Waals surface area contributed by atoms with E-state index in [9.17, 15) is 14.9 Å². The lowest BCUT2D eigenvalue weighted by Crippen LogP contribution is -2.32. The molecule has 0 bridgehead atoms. The van der Waals surface area contributed by atoms with Crippen LogP contribution in [0.2, 0.25) is 0 Å². The second-order valence-corrected chi connectivity index (χ2v) is 5.28. The van der Waals surface area contributed by atoms with E-state index in [1.807, 2.05) is 0 Å². The predicted octanol–water partition coefficient (Wildman–Crippen LogP) is 1.91. The first-order valence-corrected chi connectivity index (χ1v) is 5.97. The number of ether oxygens (including phenoxy) is 1. The zero-order valence-corrected chi connectivity index (χ0v) is 11.9. The molecule has 0 saturated heterocycles. The van der Waals surface area contributed by atoms with Crippen LogP contribution in [0.25, 0.3) is 0 Å². The molecule has 1 amide bonds. The van der Waals surface area contributed by atoms with Crippen molar-refractivity contribution in [2.75, 3.05) is 5.73 Å². The van der Waals surface area contributed by atoms with Gasteiger partial charge in [-0.15, -0.1) is 0 Å². The highest BCUT2D eigenvalue weighted by Crippen LogP contribution is 2.24. The molecular formula is C12H18N4O4. The van der Waals surface area contributed by atoms with E-state index in [0.717, 1.165) is 0 Å². The summed E-state index contributed by atoms with van der Waals surface area (Å²) in [6.45, 7) is 6.89. The van der Waals surface area contributed by atoms with Crippen molar-refractivity contribution in [3.63, 3.8) is 0 Å². The minimum Gasteiger partial charge on any atom is -0.444 e. The van der Waals surface area contributed by atoms with Crippen LogP contribution in [-0.4, -0.2) is 21.6 Å². The molecule has 0 aliphatic heterocycles. The molecule has 1 heterocycles. The second-order valence-electron chi connectivity index (χ2n) is 5.28. The molecule has 1 rings (SSSR count). The summed E-state index contributed by atoms with van der Waals surface area (Å²) in [5.74, 6) is -0.170. The Balaban J connectivity index is 2.76. The third-order valence-electron chi connectivity index (χ3n) is 2.26. The zero-order valence-electron chi connectivity index (χ0n) is 11.9. The number of carbonyl (C=O) groups excluding carboxylic acids is 1. The molecular weight excluding hydrogens is 264 g/mol. The maximum absolute atomic E-state index is 11.5. The van der Waals surface area contributed by atoms with Gasteiger partial charge in [0.05, 0.1) is 17.2 Å². The van der Waals surface area contributed by atoms with E-state index in [1.165, 1.54) is 6.07 Å². The number of amides is 1. The van der Waals surface area contributed by atoms with Gasteiger partial charge in [-0.05, 0) is 33.8 Å². The number of hydrogen-bond acceptors (Lipinski definition) is 6. The lowest BCUT2D eigenvalue weighted by atomic mass is 10.2. The number of anilines is 1. The molecule has 0 aliphatic rings. The smallest absolute Gasteiger partial charge is 0.407 e. The Labute approximate surface area is 116 Å². The molecule has 1 aromatic heterocycles. The van der Waals surface area contributed by atoms with Gasteiger partial charge in [0.25, 0.3) is 0 Å². The fourth-order valence-electron chi connectivity index (χ4n) is 1.57. The van der Waals surface area contributed by atoms with E-state index in [4.69, 9.17) is 10.5 Å². The number of carbonyl (C=O) groups is 1. The Morgan fingerprint density at radius 3 is 2.60 bits per heavy atom. The first-order valence-electron chi connectivity index (χ1n) is 5.97. The fourth-order valence-corrected chi connectivity index (χ4v) is 1.57. The standard InChI is InChI=1S/C12H18N4O4/c1-7-5-8(15-10(13)9(7)16(18)19)6-14-11(17)20-12(2,3)4/h5H,6H2,1-4H3,(H2,13,15)(H,14,17). The Morgan fingerprint density at radius 1 is 1.55 bits per heavy atom. The van der Waals surface area contributed by atoms with Crippen molar-refractivity contribution in [3.8, 4) is 0 Å². The maximum atomic E-state index is 11.5. The van der Waals surface area contributed by atoms with Crippen LogP contribution in [0, 0.1) is 17.0 Å². The van der Waals surface area contributed by atoms with E-state index in [2.05, 4.69) is 10.3 Å². The minimum absolute atomic E-state index is 0.0813. The van der Waals surface area contributed by atoms with Crippen LogP contribution >= 0.6 is 0 Å². The molecule has 0 radical (unpaired) electrons. The molecule has 8 nitrogen and oxygen atoms in total. The second kappa shape index (κ2) is 5.72. The summed E-state index contributed by atoms with van der Waals surface area (Å²) < 4.78 is 5.06. The summed E-state index contributed by atoms with van der Waals surface area (Å²) in [7, 11) is 0. The highest BCUT2D eigenvalue weighted by Gasteiger charge is 2.19. The third-order valence-corrected chi connectivity index (χ3v) is 2.26. The van der Waals surface area contributed by atoms with Gasteiger partial charge in [-0.2, -0.15) is 0 Å². The average molecular weight is 282 g/mol. The van der Waals surface area contributed by atoms with Crippen molar-refractivity contribution in [3.05, 3.63) is 27.4 Å². The largest absolute Gasteiger partial charge is 0.444 e. The number of alkyl carbamates (subject to hydrolysis) is 1. The molecule has 110 valence electrons. The number of aromatic nitrogens is 1. The van der Waals surface area contributed by atoms with Gasteiger partial charge >= 0.3 is 11.8 Å². The Morgan fingerprint density at radius 2 is 2.15 bits per heavy atom. The molecule has 20 heavy (non-hydrogen) atoms. The zero-order chi connectivity index (χ0) is 15.5. The molecule has 0 spiro atoms. The van der Waals surface area contributed by atoms with Crippen molar-refractivity contribution in [1.29, 1.82) is 0 Å². The normalized spacial score (nSPS) is 11.0. The SMILES string of the molecule is Cc1cc(CNC(=O)OC(C)(C)C)nc(N)c1[N+](=O)[O-]. The monoisotopic (exact) mass is 282 g/mol. The van der Waals surface area contributed by atoms with Gasteiger partial charge < -0.3 is 15.8 Å². The average Bonchev–Trinajstić information content (AvgIpc) is 2.22.